The number of ether oxygens (including phenoxy) is 1. The van der Waals surface area contributed by atoms with Gasteiger partial charge < -0.3 is 24.9 Å². The molecular weight excluding hydrogens is 502 g/mol. The average molecular weight is 534 g/mol. The molecule has 8 heteroatoms. The van der Waals surface area contributed by atoms with Gasteiger partial charge in [-0.05, 0) is 68.6 Å². The first-order chi connectivity index (χ1) is 19.5. The number of anilines is 1. The van der Waals surface area contributed by atoms with Gasteiger partial charge in [-0.3, -0.25) is 9.59 Å². The molecular formula is C32H31N5O3. The van der Waals surface area contributed by atoms with Crippen LogP contribution >= 0.6 is 0 Å². The van der Waals surface area contributed by atoms with Crippen molar-refractivity contribution in [2.45, 2.75) is 25.8 Å². The van der Waals surface area contributed by atoms with Gasteiger partial charge in [-0.25, -0.2) is 4.98 Å². The number of hydrogen-bond acceptors (Lipinski definition) is 6. The van der Waals surface area contributed by atoms with E-state index in [-0.39, 0.29) is 17.4 Å². The van der Waals surface area contributed by atoms with Gasteiger partial charge in [0.05, 0.1) is 29.3 Å². The lowest BCUT2D eigenvalue weighted by molar-refractivity contribution is 0.0976. The molecule has 0 saturated carbocycles. The van der Waals surface area contributed by atoms with Crippen LogP contribution in [0.2, 0.25) is 0 Å². The molecule has 3 aromatic carbocycles. The van der Waals surface area contributed by atoms with Crippen LogP contribution in [0.15, 0.2) is 65.5 Å². The maximum Gasteiger partial charge on any atom is 0.261 e. The molecule has 202 valence electrons. The number of nitrogens with zero attached hydrogens (tertiary/aromatic N) is 2. The summed E-state index contributed by atoms with van der Waals surface area (Å²) in [5.41, 5.74) is 5.76. The Balaban J connectivity index is 1.47. The number of Topliss-reactive ketones (excluding diaryl/α,β-unsaturated/α-hetero) is 1. The second-order valence-electron chi connectivity index (χ2n) is 10.9. The third-order valence-corrected chi connectivity index (χ3v) is 8.53. The summed E-state index contributed by atoms with van der Waals surface area (Å²) in [6.07, 6.45) is 2.30. The van der Waals surface area contributed by atoms with Crippen molar-refractivity contribution in [2.75, 3.05) is 32.1 Å². The molecule has 8 rings (SSSR count). The maximum absolute atomic E-state index is 13.8. The lowest BCUT2D eigenvalue weighted by Crippen LogP contribution is -2.53. The summed E-state index contributed by atoms with van der Waals surface area (Å²) < 4.78 is 5.78. The fraction of sp³-hybridized carbons (Fsp3) is 0.281. The minimum absolute atomic E-state index is 0.00261. The molecule has 0 spiro atoms. The smallest absolute Gasteiger partial charge is 0.261 e. The SMILES string of the molecule is COc1cc2[nH]c(=O)c(-c3nc4ccccc4[nH]3)c(N[C@H]3CN4CCC3CC4)c2cc1-c1cccc(C(C)=O)c1. The number of rotatable bonds is 6. The summed E-state index contributed by atoms with van der Waals surface area (Å²) in [6.45, 7) is 4.77. The van der Waals surface area contributed by atoms with Gasteiger partial charge in [-0.1, -0.05) is 30.3 Å². The van der Waals surface area contributed by atoms with Crippen molar-refractivity contribution >= 4 is 33.4 Å². The highest BCUT2D eigenvalue weighted by Gasteiger charge is 2.35. The third kappa shape index (κ3) is 4.16. The third-order valence-electron chi connectivity index (χ3n) is 8.53. The first kappa shape index (κ1) is 24.6. The fourth-order valence-corrected chi connectivity index (χ4v) is 6.38. The Kier molecular flexibility index (Phi) is 5.93. The van der Waals surface area contributed by atoms with Gasteiger partial charge in [0.15, 0.2) is 5.78 Å². The van der Waals surface area contributed by atoms with Gasteiger partial charge in [0.1, 0.15) is 17.1 Å². The summed E-state index contributed by atoms with van der Waals surface area (Å²) in [5, 5.41) is 4.71. The molecule has 2 aromatic heterocycles. The predicted octanol–water partition coefficient (Wildman–Crippen LogP) is 5.46. The van der Waals surface area contributed by atoms with E-state index in [1.165, 1.54) is 0 Å². The van der Waals surface area contributed by atoms with Crippen LogP contribution in [-0.4, -0.2) is 58.4 Å². The van der Waals surface area contributed by atoms with Crippen molar-refractivity contribution in [1.82, 2.24) is 19.9 Å². The van der Waals surface area contributed by atoms with Crippen molar-refractivity contribution in [1.29, 1.82) is 0 Å². The number of carbonyl (C=O) groups is 1. The second-order valence-corrected chi connectivity index (χ2v) is 10.9. The van der Waals surface area contributed by atoms with E-state index in [9.17, 15) is 9.59 Å². The molecule has 3 aliphatic heterocycles. The zero-order valence-corrected chi connectivity index (χ0v) is 22.6. The minimum Gasteiger partial charge on any atom is -0.496 e. The molecule has 3 fully saturated rings. The van der Waals surface area contributed by atoms with Crippen LogP contribution in [0.25, 0.3) is 44.5 Å². The zero-order valence-electron chi connectivity index (χ0n) is 22.6. The summed E-state index contributed by atoms with van der Waals surface area (Å²) >= 11 is 0. The summed E-state index contributed by atoms with van der Waals surface area (Å²) in [7, 11) is 1.62. The normalized spacial score (nSPS) is 20.2. The summed E-state index contributed by atoms with van der Waals surface area (Å²) in [4.78, 5) is 39.7. The molecule has 0 amide bonds. The fourth-order valence-electron chi connectivity index (χ4n) is 6.38. The molecule has 5 aromatic rings. The number of nitrogens with one attached hydrogen (secondary N) is 3. The van der Waals surface area contributed by atoms with Crippen LogP contribution in [-0.2, 0) is 0 Å². The molecule has 2 bridgehead atoms. The number of aromatic nitrogens is 3. The van der Waals surface area contributed by atoms with E-state index in [4.69, 9.17) is 9.72 Å². The number of fused-ring (bicyclic) bond motifs is 5. The quantitative estimate of drug-likeness (QED) is 0.251. The Morgan fingerprint density at radius 2 is 1.85 bits per heavy atom. The van der Waals surface area contributed by atoms with Crippen LogP contribution in [0.3, 0.4) is 0 Å². The molecule has 3 aliphatic rings. The molecule has 3 saturated heterocycles. The Morgan fingerprint density at radius 1 is 1.02 bits per heavy atom. The van der Waals surface area contributed by atoms with Crippen molar-refractivity contribution in [3.8, 4) is 28.3 Å². The number of carbonyl (C=O) groups excluding carboxylic acids is 1. The zero-order chi connectivity index (χ0) is 27.4. The molecule has 40 heavy (non-hydrogen) atoms. The molecule has 0 aliphatic carbocycles. The van der Waals surface area contributed by atoms with Crippen molar-refractivity contribution < 1.29 is 9.53 Å². The van der Waals surface area contributed by atoms with Crippen molar-refractivity contribution in [3.05, 3.63) is 76.6 Å². The van der Waals surface area contributed by atoms with E-state index in [1.54, 1.807) is 14.0 Å². The lowest BCUT2D eigenvalue weighted by atomic mass is 9.83. The number of ketones is 1. The van der Waals surface area contributed by atoms with Crippen LogP contribution < -0.4 is 15.6 Å². The van der Waals surface area contributed by atoms with E-state index in [2.05, 4.69) is 26.3 Å². The second kappa shape index (κ2) is 9.64. The van der Waals surface area contributed by atoms with Crippen LogP contribution in [0.1, 0.15) is 30.1 Å². The number of piperidine rings is 3. The van der Waals surface area contributed by atoms with Crippen molar-refractivity contribution in [2.24, 2.45) is 5.92 Å². The Hall–Kier alpha value is -4.43. The Bertz CT molecular complexity index is 1800. The highest BCUT2D eigenvalue weighted by Crippen LogP contribution is 2.40. The van der Waals surface area contributed by atoms with Gasteiger partial charge in [-0.2, -0.15) is 0 Å². The first-order valence-corrected chi connectivity index (χ1v) is 13.8. The van der Waals surface area contributed by atoms with E-state index in [1.807, 2.05) is 54.6 Å². The molecule has 3 N–H and O–H groups in total. The van der Waals surface area contributed by atoms with E-state index in [0.29, 0.717) is 34.1 Å². The number of methoxy groups -OCH3 is 1. The number of pyridine rings is 1. The number of imidazole rings is 1. The number of benzene rings is 3. The monoisotopic (exact) mass is 533 g/mol. The topological polar surface area (TPSA) is 103 Å². The van der Waals surface area contributed by atoms with Gasteiger partial charge in [0.2, 0.25) is 0 Å². The Morgan fingerprint density at radius 3 is 2.58 bits per heavy atom. The van der Waals surface area contributed by atoms with Crippen LogP contribution in [0, 0.1) is 5.92 Å². The number of hydrogen-bond donors (Lipinski definition) is 3. The molecule has 8 nitrogen and oxygen atoms in total. The highest BCUT2D eigenvalue weighted by molar-refractivity contribution is 6.03. The molecule has 0 unspecified atom stereocenters. The predicted molar refractivity (Wildman–Crippen MR) is 158 cm³/mol. The lowest BCUT2D eigenvalue weighted by Gasteiger charge is -2.45. The highest BCUT2D eigenvalue weighted by atomic mass is 16.5. The number of H-pyrrole nitrogens is 2. The van der Waals surface area contributed by atoms with Crippen LogP contribution in [0.4, 0.5) is 5.69 Å². The van der Waals surface area contributed by atoms with Crippen molar-refractivity contribution in [3.63, 3.8) is 0 Å². The largest absolute Gasteiger partial charge is 0.496 e. The molecule has 1 atom stereocenters. The standard InChI is InChI=1S/C32H31N5O3/c1-18(38)20-6-5-7-21(14-20)22-15-23-26(16-28(22)40-2)36-32(39)29(31-34-24-8-3-4-9-25(24)35-31)30(23)33-27-17-37-12-10-19(27)11-13-37/h3-9,14-16,19,27H,10-13,17H2,1-2H3,(H,34,35)(H2,33,36,39)/t27-/m0/s1. The maximum atomic E-state index is 13.8. The van der Waals surface area contributed by atoms with Gasteiger partial charge in [0.25, 0.3) is 5.56 Å². The molecule has 5 heterocycles. The van der Waals surface area contributed by atoms with E-state index < -0.39 is 0 Å². The Labute approximate surface area is 231 Å². The van der Waals surface area contributed by atoms with Gasteiger partial charge in [-0.15, -0.1) is 0 Å². The van der Waals surface area contributed by atoms with Gasteiger partial charge in [0, 0.05) is 35.2 Å². The van der Waals surface area contributed by atoms with E-state index >= 15 is 0 Å². The molecule has 0 radical (unpaired) electrons. The number of para-hydroxylation sites is 2. The average Bonchev–Trinajstić information content (AvgIpc) is 3.41. The minimum atomic E-state index is -0.219. The summed E-state index contributed by atoms with van der Waals surface area (Å²) in [6, 6.07) is 19.5. The van der Waals surface area contributed by atoms with Crippen LogP contribution in [0.5, 0.6) is 5.75 Å². The van der Waals surface area contributed by atoms with Gasteiger partial charge >= 0.3 is 0 Å². The first-order valence-electron chi connectivity index (χ1n) is 13.8. The number of aromatic amines is 2. The van der Waals surface area contributed by atoms with E-state index in [0.717, 1.165) is 65.7 Å². The summed E-state index contributed by atoms with van der Waals surface area (Å²) in [5.74, 6) is 1.70.